The summed E-state index contributed by atoms with van der Waals surface area (Å²) in [6.45, 7) is 3.36. The van der Waals surface area contributed by atoms with Gasteiger partial charge in [0.15, 0.2) is 5.13 Å². The van der Waals surface area contributed by atoms with Gasteiger partial charge in [0.25, 0.3) is 10.0 Å². The van der Waals surface area contributed by atoms with Gasteiger partial charge in [-0.25, -0.2) is 26.5 Å². The monoisotopic (exact) mass is 734 g/mol. The average Bonchev–Trinajstić information content (AvgIpc) is 3.60. The van der Waals surface area contributed by atoms with Crippen LogP contribution in [0, 0.1) is 5.82 Å². The van der Waals surface area contributed by atoms with Crippen molar-refractivity contribution in [2.75, 3.05) is 18.5 Å². The van der Waals surface area contributed by atoms with Gasteiger partial charge < -0.3 is 9.47 Å². The fourth-order valence-electron chi connectivity index (χ4n) is 5.55. The number of anilines is 1. The Balaban J connectivity index is 1.55. The first kappa shape index (κ1) is 35.8. The molecule has 48 heavy (non-hydrogen) atoms. The van der Waals surface area contributed by atoms with Crippen molar-refractivity contribution in [2.45, 2.75) is 44.6 Å². The number of thiazole rings is 1. The van der Waals surface area contributed by atoms with Crippen LogP contribution < -0.4 is 24.4 Å². The number of halogens is 4. The summed E-state index contributed by atoms with van der Waals surface area (Å²) in [6, 6.07) is 17.2. The second kappa shape index (κ2) is 14.9. The highest BCUT2D eigenvalue weighted by Crippen LogP contribution is 2.42. The van der Waals surface area contributed by atoms with Gasteiger partial charge in [-0.05, 0) is 55.8 Å². The maximum atomic E-state index is 16.6. The highest BCUT2D eigenvalue weighted by atomic mass is 35.5. The summed E-state index contributed by atoms with van der Waals surface area (Å²) < 4.78 is 72.0. The van der Waals surface area contributed by atoms with Crippen LogP contribution in [0.5, 0.6) is 11.5 Å². The Labute approximate surface area is 293 Å². The van der Waals surface area contributed by atoms with Crippen LogP contribution >= 0.6 is 34.5 Å². The van der Waals surface area contributed by atoms with Crippen molar-refractivity contribution in [1.29, 1.82) is 0 Å². The van der Waals surface area contributed by atoms with Crippen molar-refractivity contribution >= 4 is 49.7 Å². The van der Waals surface area contributed by atoms with Crippen LogP contribution in [-0.4, -0.2) is 33.3 Å². The summed E-state index contributed by atoms with van der Waals surface area (Å²) in [5.74, 6) is -0.513. The second-order valence-electron chi connectivity index (χ2n) is 11.2. The average molecular weight is 736 g/mol. The van der Waals surface area contributed by atoms with E-state index in [1.54, 1.807) is 60.8 Å². The molecule has 0 fully saturated rings. The van der Waals surface area contributed by atoms with Crippen LogP contribution in [0.25, 0.3) is 0 Å². The van der Waals surface area contributed by atoms with Crippen LogP contribution in [0.3, 0.4) is 0 Å². The molecular formula is C34H34Cl2F2N4O4S2. The first-order chi connectivity index (χ1) is 22.9. The number of nitrogens with zero attached hydrogens (tertiary/aromatic N) is 2. The molecule has 1 heterocycles. The molecule has 0 radical (unpaired) electrons. The van der Waals surface area contributed by atoms with Crippen molar-refractivity contribution in [2.24, 2.45) is 0 Å². The van der Waals surface area contributed by atoms with Gasteiger partial charge in [-0.1, -0.05) is 53.5 Å². The van der Waals surface area contributed by atoms with Crippen LogP contribution in [0.4, 0.5) is 13.9 Å². The SMILES string of the molecule is COc1ccc(CN(c2nccs2)S(=O)(=O)C2=C(F)C[C@](NC(C)c3ccc(Cl)cc3)(NC(C)c3ccccc3F)C(Cl)=C2)c(OC)c1. The first-order valence-corrected chi connectivity index (χ1v) is 17.9. The van der Waals surface area contributed by atoms with Gasteiger partial charge in [-0.15, -0.1) is 11.3 Å². The zero-order valence-corrected chi connectivity index (χ0v) is 29.7. The molecule has 0 saturated heterocycles. The van der Waals surface area contributed by atoms with Gasteiger partial charge in [-0.3, -0.25) is 10.6 Å². The van der Waals surface area contributed by atoms with Crippen molar-refractivity contribution in [1.82, 2.24) is 15.6 Å². The van der Waals surface area contributed by atoms with Gasteiger partial charge in [0.05, 0.1) is 25.8 Å². The van der Waals surface area contributed by atoms with Crippen LogP contribution in [-0.2, 0) is 16.6 Å². The molecule has 5 rings (SSSR count). The smallest absolute Gasteiger partial charge is 0.269 e. The summed E-state index contributed by atoms with van der Waals surface area (Å²) in [6.07, 6.45) is 2.05. The number of allylic oxidation sites excluding steroid dienone is 1. The third-order valence-corrected chi connectivity index (χ3v) is 11.4. The molecule has 8 nitrogen and oxygen atoms in total. The molecule has 254 valence electrons. The Hall–Kier alpha value is -3.52. The zero-order chi connectivity index (χ0) is 34.6. The number of hydrogen-bond donors (Lipinski definition) is 2. The number of ether oxygens (including phenoxy) is 2. The molecule has 2 unspecified atom stereocenters. The summed E-state index contributed by atoms with van der Waals surface area (Å²) in [5, 5.41) is 8.90. The van der Waals surface area contributed by atoms with E-state index in [0.717, 1.165) is 27.3 Å². The molecule has 0 aliphatic heterocycles. The molecule has 1 aromatic heterocycles. The van der Waals surface area contributed by atoms with Crippen LogP contribution in [0.2, 0.25) is 5.02 Å². The van der Waals surface area contributed by atoms with Crippen molar-refractivity contribution in [3.05, 3.63) is 128 Å². The lowest BCUT2D eigenvalue weighted by Gasteiger charge is -2.42. The zero-order valence-electron chi connectivity index (χ0n) is 26.5. The molecule has 1 aliphatic carbocycles. The van der Waals surface area contributed by atoms with Crippen LogP contribution in [0.15, 0.2) is 100 Å². The minimum atomic E-state index is -4.58. The van der Waals surface area contributed by atoms with E-state index in [0.29, 0.717) is 27.6 Å². The molecule has 0 amide bonds. The van der Waals surface area contributed by atoms with E-state index in [2.05, 4.69) is 15.6 Å². The van der Waals surface area contributed by atoms with Gasteiger partial charge >= 0.3 is 0 Å². The van der Waals surface area contributed by atoms with Crippen molar-refractivity contribution in [3.8, 4) is 11.5 Å². The third kappa shape index (κ3) is 7.54. The topological polar surface area (TPSA) is 92.8 Å². The standard InChI is InChI=1S/C34H34Cl2F2N4O4S2/c1-21(23-9-12-25(35)13-10-23)40-34(41-22(2)27-7-5-6-8-28(27)37)19-29(38)31(18-32(34)36)48(43,44)42(33-39-15-16-47-33)20-24-11-14-26(45-3)17-30(24)46-4/h5-18,21-22,40-41H,19-20H2,1-4H3/t21?,22?,34-/m0/s1. The number of rotatable bonds is 13. The molecule has 2 N–H and O–H groups in total. The van der Waals surface area contributed by atoms with Gasteiger partial charge in [0.2, 0.25) is 0 Å². The van der Waals surface area contributed by atoms with Crippen molar-refractivity contribution < 1.29 is 26.7 Å². The maximum Gasteiger partial charge on any atom is 0.269 e. The Kier molecular flexibility index (Phi) is 11.1. The van der Waals surface area contributed by atoms with E-state index in [1.165, 1.54) is 26.5 Å². The molecule has 3 atom stereocenters. The van der Waals surface area contributed by atoms with Gasteiger partial charge in [0, 0.05) is 52.3 Å². The summed E-state index contributed by atoms with van der Waals surface area (Å²) in [5.41, 5.74) is 0.108. The second-order valence-corrected chi connectivity index (χ2v) is 14.7. The molecule has 14 heteroatoms. The Morgan fingerprint density at radius 3 is 2.35 bits per heavy atom. The van der Waals surface area contributed by atoms with E-state index >= 15 is 4.39 Å². The van der Waals surface area contributed by atoms with Gasteiger partial charge in [0.1, 0.15) is 33.7 Å². The lowest BCUT2D eigenvalue weighted by molar-refractivity contribution is 0.242. The molecule has 0 saturated carbocycles. The quantitative estimate of drug-likeness (QED) is 0.133. The van der Waals surface area contributed by atoms with E-state index in [-0.39, 0.29) is 16.7 Å². The Morgan fingerprint density at radius 1 is 1.00 bits per heavy atom. The minimum Gasteiger partial charge on any atom is -0.497 e. The van der Waals surface area contributed by atoms with E-state index in [4.69, 9.17) is 32.7 Å². The van der Waals surface area contributed by atoms with Crippen LogP contribution in [0.1, 0.15) is 49.0 Å². The highest BCUT2D eigenvalue weighted by molar-refractivity contribution is 7.97. The molecule has 4 aromatic rings. The minimum absolute atomic E-state index is 0.0346. The Morgan fingerprint density at radius 2 is 1.71 bits per heavy atom. The molecule has 0 spiro atoms. The Bertz CT molecular complexity index is 1930. The summed E-state index contributed by atoms with van der Waals surface area (Å²) in [7, 11) is -1.62. The summed E-state index contributed by atoms with van der Waals surface area (Å²) in [4.78, 5) is 3.61. The molecule has 3 aromatic carbocycles. The maximum absolute atomic E-state index is 16.6. The predicted molar refractivity (Wildman–Crippen MR) is 187 cm³/mol. The molecule has 0 bridgehead atoms. The fourth-order valence-corrected chi connectivity index (χ4v) is 8.41. The van der Waals surface area contributed by atoms with E-state index in [1.807, 2.05) is 19.1 Å². The van der Waals surface area contributed by atoms with E-state index < -0.39 is 50.7 Å². The normalized spacial score (nSPS) is 17.9. The molecular weight excluding hydrogens is 701 g/mol. The number of methoxy groups -OCH3 is 2. The number of hydrogen-bond acceptors (Lipinski definition) is 8. The van der Waals surface area contributed by atoms with Crippen molar-refractivity contribution in [3.63, 3.8) is 0 Å². The number of nitrogens with one attached hydrogen (secondary N) is 2. The fraction of sp³-hybridized carbons (Fsp3) is 0.265. The third-order valence-electron chi connectivity index (χ3n) is 8.03. The lowest BCUT2D eigenvalue weighted by atomic mass is 9.94. The summed E-state index contributed by atoms with van der Waals surface area (Å²) >= 11 is 14.2. The molecule has 1 aliphatic rings. The number of benzene rings is 3. The highest BCUT2D eigenvalue weighted by Gasteiger charge is 2.44. The largest absolute Gasteiger partial charge is 0.497 e. The van der Waals surface area contributed by atoms with E-state index in [9.17, 15) is 12.8 Å². The lowest BCUT2D eigenvalue weighted by Crippen LogP contribution is -2.59. The number of sulfonamides is 1. The first-order valence-electron chi connectivity index (χ1n) is 14.8. The number of aromatic nitrogens is 1. The van der Waals surface area contributed by atoms with Gasteiger partial charge in [-0.2, -0.15) is 0 Å². The predicted octanol–water partition coefficient (Wildman–Crippen LogP) is 8.39.